The summed E-state index contributed by atoms with van der Waals surface area (Å²) in [6.45, 7) is 3.74. The van der Waals surface area contributed by atoms with Gasteiger partial charge >= 0.3 is 0 Å². The van der Waals surface area contributed by atoms with Crippen LogP contribution in [0.15, 0.2) is 32.9 Å². The van der Waals surface area contributed by atoms with Crippen molar-refractivity contribution in [2.24, 2.45) is 5.73 Å². The fourth-order valence-corrected chi connectivity index (χ4v) is 4.45. The van der Waals surface area contributed by atoms with Crippen molar-refractivity contribution in [2.45, 2.75) is 28.6 Å². The van der Waals surface area contributed by atoms with Gasteiger partial charge < -0.3 is 16.4 Å². The zero-order chi connectivity index (χ0) is 19.8. The maximum absolute atomic E-state index is 12.2. The number of nitrogens with two attached hydrogens (primary N) is 1. The number of hydrogen-bond acceptors (Lipinski definition) is 8. The lowest BCUT2D eigenvalue weighted by atomic mass is 10.1. The number of primary amides is 1. The summed E-state index contributed by atoms with van der Waals surface area (Å²) in [7, 11) is 0. The average Bonchev–Trinajstić information content (AvgIpc) is 3.06. The van der Waals surface area contributed by atoms with E-state index in [1.54, 1.807) is 24.3 Å². The molecule has 0 spiro atoms. The first-order valence-electron chi connectivity index (χ1n) is 7.92. The summed E-state index contributed by atoms with van der Waals surface area (Å²) in [5, 5.41) is 13.5. The molecule has 144 valence electrons. The summed E-state index contributed by atoms with van der Waals surface area (Å²) in [4.78, 5) is 35.2. The second-order valence-corrected chi connectivity index (χ2v) is 9.02. The first-order valence-corrected chi connectivity index (χ1v) is 10.7. The van der Waals surface area contributed by atoms with E-state index in [0.29, 0.717) is 19.9 Å². The number of rotatable bonds is 9. The van der Waals surface area contributed by atoms with E-state index in [1.807, 2.05) is 13.8 Å². The SMILES string of the molecule is CC(C)NC(=O)c1ccccc1NC(=O)CSc1nnc(SCC(N)=O)s1. The molecule has 0 aliphatic carbocycles. The van der Waals surface area contributed by atoms with Crippen molar-refractivity contribution in [2.75, 3.05) is 16.8 Å². The first-order chi connectivity index (χ1) is 12.8. The quantitative estimate of drug-likeness (QED) is 0.524. The fourth-order valence-electron chi connectivity index (χ4n) is 1.89. The molecule has 0 aliphatic heterocycles. The van der Waals surface area contributed by atoms with Crippen LogP contribution in [0, 0.1) is 0 Å². The van der Waals surface area contributed by atoms with Gasteiger partial charge in [0.1, 0.15) is 0 Å². The number of thioether (sulfide) groups is 2. The van der Waals surface area contributed by atoms with Gasteiger partial charge in [-0.15, -0.1) is 10.2 Å². The molecule has 0 aliphatic rings. The Balaban J connectivity index is 1.91. The lowest BCUT2D eigenvalue weighted by Crippen LogP contribution is -2.31. The van der Waals surface area contributed by atoms with E-state index < -0.39 is 5.91 Å². The van der Waals surface area contributed by atoms with Crippen LogP contribution in [0.2, 0.25) is 0 Å². The van der Waals surface area contributed by atoms with Crippen LogP contribution in [0.5, 0.6) is 0 Å². The van der Waals surface area contributed by atoms with Gasteiger partial charge in [0.25, 0.3) is 5.91 Å². The number of hydrogen-bond donors (Lipinski definition) is 3. The standard InChI is InChI=1S/C16H19N5O3S3/c1-9(2)18-14(24)10-5-3-4-6-11(10)19-13(23)8-26-16-21-20-15(27-16)25-7-12(17)22/h3-6,9H,7-8H2,1-2H3,(H2,17,22)(H,18,24)(H,19,23). The van der Waals surface area contributed by atoms with Crippen molar-refractivity contribution in [1.82, 2.24) is 15.5 Å². The third kappa shape index (κ3) is 7.19. The summed E-state index contributed by atoms with van der Waals surface area (Å²) in [6, 6.07) is 6.83. The monoisotopic (exact) mass is 425 g/mol. The first kappa shape index (κ1) is 21.2. The number of benzene rings is 1. The summed E-state index contributed by atoms with van der Waals surface area (Å²) in [6.07, 6.45) is 0. The number of carbonyl (C=O) groups is 3. The topological polar surface area (TPSA) is 127 Å². The number of nitrogens with zero attached hydrogens (tertiary/aromatic N) is 2. The predicted octanol–water partition coefficient (Wildman–Crippen LogP) is 1.98. The Hall–Kier alpha value is -2.11. The highest BCUT2D eigenvalue weighted by Crippen LogP contribution is 2.28. The van der Waals surface area contributed by atoms with E-state index in [0.717, 1.165) is 0 Å². The molecule has 0 saturated carbocycles. The highest BCUT2D eigenvalue weighted by Gasteiger charge is 2.15. The minimum absolute atomic E-state index is 0.00385. The smallest absolute Gasteiger partial charge is 0.253 e. The van der Waals surface area contributed by atoms with Gasteiger partial charge in [0.2, 0.25) is 11.8 Å². The molecule has 1 aromatic carbocycles. The largest absolute Gasteiger partial charge is 0.369 e. The van der Waals surface area contributed by atoms with Gasteiger partial charge in [-0.2, -0.15) is 0 Å². The summed E-state index contributed by atoms with van der Waals surface area (Å²) in [5.41, 5.74) is 5.95. The third-order valence-corrected chi connectivity index (χ3v) is 6.13. The number of amides is 3. The van der Waals surface area contributed by atoms with Crippen LogP contribution < -0.4 is 16.4 Å². The molecule has 0 unspecified atom stereocenters. The molecule has 0 fully saturated rings. The van der Waals surface area contributed by atoms with Gasteiger partial charge in [-0.25, -0.2) is 0 Å². The number of para-hydroxylation sites is 1. The Morgan fingerprint density at radius 2 is 1.74 bits per heavy atom. The third-order valence-electron chi connectivity index (χ3n) is 2.92. The van der Waals surface area contributed by atoms with Crippen LogP contribution in [-0.4, -0.2) is 45.5 Å². The minimum Gasteiger partial charge on any atom is -0.369 e. The van der Waals surface area contributed by atoms with E-state index in [9.17, 15) is 14.4 Å². The maximum atomic E-state index is 12.2. The predicted molar refractivity (Wildman–Crippen MR) is 108 cm³/mol. The van der Waals surface area contributed by atoms with Gasteiger partial charge in [-0.05, 0) is 26.0 Å². The second kappa shape index (κ2) is 10.3. The second-order valence-electron chi connectivity index (χ2n) is 5.60. The molecule has 0 radical (unpaired) electrons. The molecular formula is C16H19N5O3S3. The lowest BCUT2D eigenvalue weighted by Gasteiger charge is -2.12. The van der Waals surface area contributed by atoms with Gasteiger partial charge in [0.05, 0.1) is 22.8 Å². The molecular weight excluding hydrogens is 406 g/mol. The van der Waals surface area contributed by atoms with E-state index in [1.165, 1.54) is 34.9 Å². The van der Waals surface area contributed by atoms with Crippen molar-refractivity contribution >= 4 is 58.3 Å². The molecule has 1 heterocycles. The molecule has 4 N–H and O–H groups in total. The maximum Gasteiger partial charge on any atom is 0.253 e. The molecule has 2 rings (SSSR count). The molecule has 8 nitrogen and oxygen atoms in total. The van der Waals surface area contributed by atoms with E-state index in [4.69, 9.17) is 5.73 Å². The number of anilines is 1. The highest BCUT2D eigenvalue weighted by atomic mass is 32.2. The molecule has 3 amide bonds. The van der Waals surface area contributed by atoms with Crippen molar-refractivity contribution in [3.8, 4) is 0 Å². The Labute approximate surface area is 169 Å². The van der Waals surface area contributed by atoms with Gasteiger partial charge in [-0.3, -0.25) is 14.4 Å². The van der Waals surface area contributed by atoms with E-state index in [-0.39, 0.29) is 29.4 Å². The van der Waals surface area contributed by atoms with E-state index >= 15 is 0 Å². The van der Waals surface area contributed by atoms with Crippen LogP contribution in [0.3, 0.4) is 0 Å². The van der Waals surface area contributed by atoms with Crippen molar-refractivity contribution in [3.05, 3.63) is 29.8 Å². The average molecular weight is 426 g/mol. The Morgan fingerprint density at radius 3 is 2.37 bits per heavy atom. The Morgan fingerprint density at radius 1 is 1.11 bits per heavy atom. The van der Waals surface area contributed by atoms with Crippen molar-refractivity contribution in [3.63, 3.8) is 0 Å². The molecule has 0 bridgehead atoms. The van der Waals surface area contributed by atoms with Crippen molar-refractivity contribution in [1.29, 1.82) is 0 Å². The molecule has 2 aromatic rings. The highest BCUT2D eigenvalue weighted by molar-refractivity contribution is 8.03. The van der Waals surface area contributed by atoms with Crippen LogP contribution in [0.25, 0.3) is 0 Å². The summed E-state index contributed by atoms with van der Waals surface area (Å²) >= 11 is 3.73. The molecule has 0 atom stereocenters. The summed E-state index contributed by atoms with van der Waals surface area (Å²) < 4.78 is 1.23. The van der Waals surface area contributed by atoms with Crippen LogP contribution in [-0.2, 0) is 9.59 Å². The zero-order valence-corrected chi connectivity index (χ0v) is 17.2. The lowest BCUT2D eigenvalue weighted by molar-refractivity contribution is -0.115. The molecule has 11 heteroatoms. The Kier molecular flexibility index (Phi) is 8.07. The number of carbonyl (C=O) groups excluding carboxylic acids is 3. The van der Waals surface area contributed by atoms with E-state index in [2.05, 4.69) is 20.8 Å². The van der Waals surface area contributed by atoms with Gasteiger partial charge in [0.15, 0.2) is 8.68 Å². The zero-order valence-electron chi connectivity index (χ0n) is 14.7. The van der Waals surface area contributed by atoms with Crippen LogP contribution in [0.1, 0.15) is 24.2 Å². The molecule has 27 heavy (non-hydrogen) atoms. The van der Waals surface area contributed by atoms with Crippen LogP contribution >= 0.6 is 34.9 Å². The molecule has 0 saturated heterocycles. The molecule has 1 aromatic heterocycles. The summed E-state index contributed by atoms with van der Waals surface area (Å²) in [5.74, 6) is -0.673. The van der Waals surface area contributed by atoms with Gasteiger partial charge in [-0.1, -0.05) is 47.0 Å². The van der Waals surface area contributed by atoms with Crippen LogP contribution in [0.4, 0.5) is 5.69 Å². The van der Waals surface area contributed by atoms with Crippen molar-refractivity contribution < 1.29 is 14.4 Å². The normalized spacial score (nSPS) is 10.6. The number of nitrogens with one attached hydrogen (secondary N) is 2. The minimum atomic E-state index is -0.427. The number of aromatic nitrogens is 2. The van der Waals surface area contributed by atoms with Gasteiger partial charge in [0, 0.05) is 6.04 Å². The fraction of sp³-hybridized carbons (Fsp3) is 0.312. The Bertz CT molecular complexity index is 825.